The van der Waals surface area contributed by atoms with Crippen molar-refractivity contribution in [1.82, 2.24) is 15.1 Å². The molecule has 0 bridgehead atoms. The number of aromatic nitrogens is 2. The van der Waals surface area contributed by atoms with E-state index in [-0.39, 0.29) is 18.1 Å². The molecular weight excluding hydrogens is 278 g/mol. The zero-order chi connectivity index (χ0) is 16.3. The van der Waals surface area contributed by atoms with Crippen molar-refractivity contribution in [3.63, 3.8) is 0 Å². The van der Waals surface area contributed by atoms with E-state index in [1.54, 1.807) is 6.07 Å². The van der Waals surface area contributed by atoms with Crippen LogP contribution in [-0.4, -0.2) is 20.8 Å². The Morgan fingerprint density at radius 2 is 1.91 bits per heavy atom. The molecule has 0 saturated carbocycles. The lowest BCUT2D eigenvalue weighted by molar-refractivity contribution is 0.0944. The van der Waals surface area contributed by atoms with Crippen molar-refractivity contribution in [2.45, 2.75) is 46.4 Å². The number of nitrogens with zero attached hydrogens (tertiary/aromatic N) is 2. The van der Waals surface area contributed by atoms with Crippen LogP contribution in [0, 0.1) is 6.92 Å². The van der Waals surface area contributed by atoms with E-state index in [1.165, 1.54) is 0 Å². The molecule has 0 radical (unpaired) electrons. The van der Waals surface area contributed by atoms with E-state index in [0.717, 1.165) is 16.8 Å². The lowest BCUT2D eigenvalue weighted by atomic mass is 10.1. The third-order valence-corrected chi connectivity index (χ3v) is 3.48. The molecule has 5 nitrogen and oxygen atoms in total. The maximum atomic E-state index is 12.3. The van der Waals surface area contributed by atoms with Crippen LogP contribution < -0.4 is 5.32 Å². The number of amides is 1. The molecule has 1 heterocycles. The maximum Gasteiger partial charge on any atom is 0.272 e. The molecule has 0 saturated heterocycles. The van der Waals surface area contributed by atoms with E-state index in [1.807, 2.05) is 56.6 Å². The number of carbonyl (C=O) groups is 1. The summed E-state index contributed by atoms with van der Waals surface area (Å²) in [5, 5.41) is 16.5. The minimum Gasteiger partial charge on any atom is -0.392 e. The maximum absolute atomic E-state index is 12.3. The fourth-order valence-corrected chi connectivity index (χ4v) is 2.41. The Kier molecular flexibility index (Phi) is 4.66. The van der Waals surface area contributed by atoms with E-state index in [0.29, 0.717) is 12.2 Å². The first-order valence-corrected chi connectivity index (χ1v) is 7.36. The first-order chi connectivity index (χ1) is 10.3. The second kappa shape index (κ2) is 6.32. The predicted octanol–water partition coefficient (Wildman–Crippen LogP) is 2.37. The largest absolute Gasteiger partial charge is 0.392 e. The number of benzene rings is 1. The Hall–Kier alpha value is -2.14. The Labute approximate surface area is 131 Å². The van der Waals surface area contributed by atoms with Crippen LogP contribution in [0.1, 0.15) is 48.1 Å². The molecule has 0 aliphatic heterocycles. The number of rotatable bonds is 4. The van der Waals surface area contributed by atoms with E-state index < -0.39 is 0 Å². The topological polar surface area (TPSA) is 67.2 Å². The van der Waals surface area contributed by atoms with Gasteiger partial charge in [-0.15, -0.1) is 0 Å². The highest BCUT2D eigenvalue weighted by atomic mass is 16.3. The summed E-state index contributed by atoms with van der Waals surface area (Å²) < 4.78 is 1.85. The van der Waals surface area contributed by atoms with Crippen LogP contribution >= 0.6 is 0 Å². The zero-order valence-electron chi connectivity index (χ0n) is 13.6. The van der Waals surface area contributed by atoms with Gasteiger partial charge in [0.1, 0.15) is 5.69 Å². The van der Waals surface area contributed by atoms with Crippen LogP contribution in [0.15, 0.2) is 30.3 Å². The van der Waals surface area contributed by atoms with Crippen LogP contribution in [0.3, 0.4) is 0 Å². The van der Waals surface area contributed by atoms with Gasteiger partial charge in [-0.05, 0) is 44.9 Å². The standard InChI is InChI=1S/C17H23N3O2/c1-12-9-15(19-20(12)17(2,3)4)16(22)18-10-13-7-5-6-8-14(13)11-21/h5-9,21H,10-11H2,1-4H3,(H,18,22). The molecule has 5 heteroatoms. The Morgan fingerprint density at radius 3 is 2.45 bits per heavy atom. The van der Waals surface area contributed by atoms with Crippen molar-refractivity contribution in [3.05, 3.63) is 52.8 Å². The lowest BCUT2D eigenvalue weighted by Gasteiger charge is -2.21. The summed E-state index contributed by atoms with van der Waals surface area (Å²) in [6.45, 7) is 8.42. The first-order valence-electron chi connectivity index (χ1n) is 7.36. The molecule has 0 aliphatic rings. The fourth-order valence-electron chi connectivity index (χ4n) is 2.41. The van der Waals surface area contributed by atoms with Crippen LogP contribution in [-0.2, 0) is 18.7 Å². The fraction of sp³-hybridized carbons (Fsp3) is 0.412. The molecule has 0 spiro atoms. The van der Waals surface area contributed by atoms with Gasteiger partial charge in [-0.1, -0.05) is 24.3 Å². The summed E-state index contributed by atoms with van der Waals surface area (Å²) in [7, 11) is 0. The number of aryl methyl sites for hydroxylation is 1. The van der Waals surface area contributed by atoms with E-state index in [2.05, 4.69) is 10.4 Å². The highest BCUT2D eigenvalue weighted by Gasteiger charge is 2.20. The minimum absolute atomic E-state index is 0.0379. The first kappa shape index (κ1) is 16.2. The molecule has 0 unspecified atom stereocenters. The number of aliphatic hydroxyl groups excluding tert-OH is 1. The summed E-state index contributed by atoms with van der Waals surface area (Å²) in [4.78, 5) is 12.3. The predicted molar refractivity (Wildman–Crippen MR) is 85.5 cm³/mol. The van der Waals surface area contributed by atoms with E-state index in [4.69, 9.17) is 0 Å². The van der Waals surface area contributed by atoms with Crippen LogP contribution in [0.25, 0.3) is 0 Å². The van der Waals surface area contributed by atoms with Crippen LogP contribution in [0.2, 0.25) is 0 Å². The van der Waals surface area contributed by atoms with Crippen molar-refractivity contribution in [1.29, 1.82) is 0 Å². The van der Waals surface area contributed by atoms with Gasteiger partial charge in [0.15, 0.2) is 0 Å². The monoisotopic (exact) mass is 301 g/mol. The van der Waals surface area contributed by atoms with Gasteiger partial charge in [0.2, 0.25) is 0 Å². The number of hydrogen-bond acceptors (Lipinski definition) is 3. The third kappa shape index (κ3) is 3.54. The zero-order valence-corrected chi connectivity index (χ0v) is 13.6. The van der Waals surface area contributed by atoms with Gasteiger partial charge in [0.25, 0.3) is 5.91 Å². The normalized spacial score (nSPS) is 11.5. The molecule has 2 rings (SSSR count). The van der Waals surface area contributed by atoms with E-state index in [9.17, 15) is 9.90 Å². The van der Waals surface area contributed by atoms with Crippen molar-refractivity contribution < 1.29 is 9.90 Å². The van der Waals surface area contributed by atoms with Gasteiger partial charge in [0.05, 0.1) is 12.1 Å². The van der Waals surface area contributed by atoms with Gasteiger partial charge in [0, 0.05) is 12.2 Å². The highest BCUT2D eigenvalue weighted by Crippen LogP contribution is 2.17. The summed E-state index contributed by atoms with van der Waals surface area (Å²) >= 11 is 0. The number of nitrogens with one attached hydrogen (secondary N) is 1. The average Bonchev–Trinajstić information content (AvgIpc) is 2.87. The second-order valence-corrected chi connectivity index (χ2v) is 6.36. The smallest absolute Gasteiger partial charge is 0.272 e. The Morgan fingerprint density at radius 1 is 1.27 bits per heavy atom. The molecule has 1 aromatic heterocycles. The average molecular weight is 301 g/mol. The number of aliphatic hydroxyl groups is 1. The summed E-state index contributed by atoms with van der Waals surface area (Å²) in [5.41, 5.74) is 2.93. The molecule has 118 valence electrons. The van der Waals surface area contributed by atoms with Gasteiger partial charge >= 0.3 is 0 Å². The van der Waals surface area contributed by atoms with Crippen LogP contribution in [0.4, 0.5) is 0 Å². The van der Waals surface area contributed by atoms with Gasteiger partial charge in [-0.3, -0.25) is 9.48 Å². The summed E-state index contributed by atoms with van der Waals surface area (Å²) in [6.07, 6.45) is 0. The molecule has 1 amide bonds. The van der Waals surface area contributed by atoms with Gasteiger partial charge in [-0.25, -0.2) is 0 Å². The van der Waals surface area contributed by atoms with E-state index >= 15 is 0 Å². The summed E-state index contributed by atoms with van der Waals surface area (Å²) in [5.74, 6) is -0.209. The third-order valence-electron chi connectivity index (χ3n) is 3.48. The van der Waals surface area contributed by atoms with Crippen LogP contribution in [0.5, 0.6) is 0 Å². The number of hydrogen-bond donors (Lipinski definition) is 2. The Bertz CT molecular complexity index is 669. The quantitative estimate of drug-likeness (QED) is 0.911. The molecule has 2 N–H and O–H groups in total. The molecule has 0 atom stereocenters. The molecule has 1 aromatic carbocycles. The van der Waals surface area contributed by atoms with Crippen molar-refractivity contribution in [3.8, 4) is 0 Å². The number of carbonyl (C=O) groups excluding carboxylic acids is 1. The molecular formula is C17H23N3O2. The van der Waals surface area contributed by atoms with Crippen molar-refractivity contribution in [2.75, 3.05) is 0 Å². The lowest BCUT2D eigenvalue weighted by Crippen LogP contribution is -2.27. The SMILES string of the molecule is Cc1cc(C(=O)NCc2ccccc2CO)nn1C(C)(C)C. The molecule has 2 aromatic rings. The van der Waals surface area contributed by atoms with Gasteiger partial charge in [-0.2, -0.15) is 5.10 Å². The van der Waals surface area contributed by atoms with Gasteiger partial charge < -0.3 is 10.4 Å². The molecule has 0 fully saturated rings. The Balaban J connectivity index is 2.10. The second-order valence-electron chi connectivity index (χ2n) is 6.36. The van der Waals surface area contributed by atoms with Crippen molar-refractivity contribution >= 4 is 5.91 Å². The molecule has 0 aliphatic carbocycles. The van der Waals surface area contributed by atoms with Crippen molar-refractivity contribution in [2.24, 2.45) is 0 Å². The summed E-state index contributed by atoms with van der Waals surface area (Å²) in [6, 6.07) is 9.29. The minimum atomic E-state index is -0.209. The highest BCUT2D eigenvalue weighted by molar-refractivity contribution is 5.92. The molecule has 22 heavy (non-hydrogen) atoms.